The van der Waals surface area contributed by atoms with Crippen molar-refractivity contribution in [1.29, 1.82) is 0 Å². The van der Waals surface area contributed by atoms with E-state index in [2.05, 4.69) is 27.9 Å². The van der Waals surface area contributed by atoms with Crippen LogP contribution in [-0.2, 0) is 4.74 Å². The molecular formula is C16H27N3O2S. The van der Waals surface area contributed by atoms with E-state index in [1.54, 1.807) is 11.3 Å². The van der Waals surface area contributed by atoms with E-state index in [4.69, 9.17) is 4.74 Å². The highest BCUT2D eigenvalue weighted by molar-refractivity contribution is 7.09. The number of aryl methyl sites for hydroxylation is 1. The number of aromatic nitrogens is 1. The van der Waals surface area contributed by atoms with Crippen LogP contribution in [0.3, 0.4) is 0 Å². The van der Waals surface area contributed by atoms with E-state index in [0.29, 0.717) is 0 Å². The Hall–Kier alpha value is -1.14. The first kappa shape index (κ1) is 17.2. The molecule has 2 N–H and O–H groups in total. The fourth-order valence-electron chi connectivity index (χ4n) is 2.78. The van der Waals surface area contributed by atoms with Gasteiger partial charge in [-0.25, -0.2) is 9.78 Å². The molecule has 0 aliphatic heterocycles. The third-order valence-electron chi connectivity index (χ3n) is 3.76. The average molecular weight is 325 g/mol. The Labute approximate surface area is 136 Å². The second-order valence-corrected chi connectivity index (χ2v) is 8.03. The molecule has 1 aliphatic carbocycles. The Morgan fingerprint density at radius 3 is 2.68 bits per heavy atom. The fraction of sp³-hybridized carbons (Fsp3) is 0.750. The minimum absolute atomic E-state index is 0.122. The largest absolute Gasteiger partial charge is 0.444 e. The highest BCUT2D eigenvalue weighted by Gasteiger charge is 2.31. The number of nitrogens with one attached hydrogen (secondary N) is 2. The van der Waals surface area contributed by atoms with Gasteiger partial charge in [0, 0.05) is 23.5 Å². The van der Waals surface area contributed by atoms with Gasteiger partial charge in [-0.3, -0.25) is 0 Å². The quantitative estimate of drug-likeness (QED) is 0.888. The third kappa shape index (κ3) is 4.95. The smallest absolute Gasteiger partial charge is 0.407 e. The second kappa shape index (κ2) is 6.96. The summed E-state index contributed by atoms with van der Waals surface area (Å²) >= 11 is 1.67. The number of alkyl carbamates (subject to hydrolysis) is 1. The lowest BCUT2D eigenvalue weighted by atomic mass is 10.1. The van der Waals surface area contributed by atoms with Crippen molar-refractivity contribution in [3.8, 4) is 0 Å². The van der Waals surface area contributed by atoms with E-state index in [1.165, 1.54) is 0 Å². The molecule has 5 nitrogen and oxygen atoms in total. The number of nitrogens with zero attached hydrogens (tertiary/aromatic N) is 1. The predicted octanol–water partition coefficient (Wildman–Crippen LogP) is 3.55. The molecule has 1 saturated carbocycles. The van der Waals surface area contributed by atoms with Gasteiger partial charge in [0.25, 0.3) is 0 Å². The summed E-state index contributed by atoms with van der Waals surface area (Å²) in [5, 5.41) is 9.78. The molecule has 1 fully saturated rings. The van der Waals surface area contributed by atoms with Gasteiger partial charge >= 0.3 is 6.09 Å². The zero-order chi connectivity index (χ0) is 16.3. The molecule has 1 amide bonds. The molecule has 1 aliphatic rings. The summed E-state index contributed by atoms with van der Waals surface area (Å²) < 4.78 is 5.35. The van der Waals surface area contributed by atoms with E-state index in [0.717, 1.165) is 30.0 Å². The topological polar surface area (TPSA) is 63.2 Å². The Kier molecular flexibility index (Phi) is 5.45. The summed E-state index contributed by atoms with van der Waals surface area (Å²) in [4.78, 5) is 16.5. The summed E-state index contributed by atoms with van der Waals surface area (Å²) in [5.41, 5.74) is 0.613. The van der Waals surface area contributed by atoms with Crippen LogP contribution in [0.2, 0.25) is 0 Å². The minimum Gasteiger partial charge on any atom is -0.444 e. The first-order valence-corrected chi connectivity index (χ1v) is 8.80. The summed E-state index contributed by atoms with van der Waals surface area (Å²) in [6, 6.07) is 0.581. The monoisotopic (exact) mass is 325 g/mol. The Morgan fingerprint density at radius 1 is 1.41 bits per heavy atom. The number of ether oxygens (including phenoxy) is 1. The number of amides is 1. The van der Waals surface area contributed by atoms with Crippen LogP contribution in [0.5, 0.6) is 0 Å². The Bertz CT molecular complexity index is 510. The van der Waals surface area contributed by atoms with Crippen LogP contribution in [0.1, 0.15) is 63.7 Å². The lowest BCUT2D eigenvalue weighted by Gasteiger charge is -2.27. The van der Waals surface area contributed by atoms with Crippen molar-refractivity contribution >= 4 is 17.4 Å². The van der Waals surface area contributed by atoms with Crippen molar-refractivity contribution in [3.63, 3.8) is 0 Å². The number of rotatable bonds is 4. The standard InChI is InChI=1S/C16H27N3O2S/c1-10(14-9-22-11(2)18-14)17-12-7-6-8-13(12)19-15(20)21-16(3,4)5/h9-10,12-13,17H,6-8H2,1-5H3,(H,19,20). The van der Waals surface area contributed by atoms with Crippen LogP contribution >= 0.6 is 11.3 Å². The van der Waals surface area contributed by atoms with E-state index < -0.39 is 5.60 Å². The molecule has 3 unspecified atom stereocenters. The van der Waals surface area contributed by atoms with Crippen LogP contribution in [0, 0.1) is 6.92 Å². The molecule has 1 aromatic rings. The summed E-state index contributed by atoms with van der Waals surface area (Å²) in [6.45, 7) is 9.78. The van der Waals surface area contributed by atoms with Gasteiger partial charge in [-0.2, -0.15) is 0 Å². The lowest BCUT2D eigenvalue weighted by Crippen LogP contribution is -2.48. The minimum atomic E-state index is -0.461. The highest BCUT2D eigenvalue weighted by Crippen LogP contribution is 2.24. The number of carbonyl (C=O) groups excluding carboxylic acids is 1. The van der Waals surface area contributed by atoms with Crippen LogP contribution < -0.4 is 10.6 Å². The van der Waals surface area contributed by atoms with Crippen molar-refractivity contribution in [1.82, 2.24) is 15.6 Å². The van der Waals surface area contributed by atoms with Gasteiger partial charge in [-0.05, 0) is 53.9 Å². The Balaban J connectivity index is 1.89. The summed E-state index contributed by atoms with van der Waals surface area (Å²) in [7, 11) is 0. The maximum absolute atomic E-state index is 11.9. The van der Waals surface area contributed by atoms with E-state index in [1.807, 2.05) is 27.7 Å². The highest BCUT2D eigenvalue weighted by atomic mass is 32.1. The third-order valence-corrected chi connectivity index (χ3v) is 4.55. The van der Waals surface area contributed by atoms with Crippen molar-refractivity contribution < 1.29 is 9.53 Å². The van der Waals surface area contributed by atoms with E-state index >= 15 is 0 Å². The van der Waals surface area contributed by atoms with Crippen LogP contribution in [0.15, 0.2) is 5.38 Å². The van der Waals surface area contributed by atoms with Gasteiger partial charge < -0.3 is 15.4 Å². The van der Waals surface area contributed by atoms with Gasteiger partial charge in [0.1, 0.15) is 5.60 Å². The van der Waals surface area contributed by atoms with Gasteiger partial charge in [0.2, 0.25) is 0 Å². The van der Waals surface area contributed by atoms with Crippen molar-refractivity contribution in [3.05, 3.63) is 16.1 Å². The van der Waals surface area contributed by atoms with Gasteiger partial charge in [-0.1, -0.05) is 0 Å². The molecule has 0 saturated heterocycles. The van der Waals surface area contributed by atoms with Crippen molar-refractivity contribution in [2.45, 2.75) is 77.6 Å². The SMILES string of the molecule is Cc1nc(C(C)NC2CCCC2NC(=O)OC(C)(C)C)cs1. The maximum atomic E-state index is 11.9. The molecule has 1 heterocycles. The summed E-state index contributed by atoms with van der Waals surface area (Å²) in [5.74, 6) is 0. The van der Waals surface area contributed by atoms with Crippen LogP contribution in [-0.4, -0.2) is 28.8 Å². The van der Waals surface area contributed by atoms with Crippen LogP contribution in [0.4, 0.5) is 4.79 Å². The van der Waals surface area contributed by atoms with Gasteiger partial charge in [0.15, 0.2) is 0 Å². The molecule has 1 aromatic heterocycles. The van der Waals surface area contributed by atoms with Crippen molar-refractivity contribution in [2.24, 2.45) is 0 Å². The zero-order valence-corrected chi connectivity index (χ0v) is 14.9. The average Bonchev–Trinajstić information content (AvgIpc) is 2.97. The van der Waals surface area contributed by atoms with Crippen LogP contribution in [0.25, 0.3) is 0 Å². The number of hydrogen-bond donors (Lipinski definition) is 2. The van der Waals surface area contributed by atoms with Gasteiger partial charge in [-0.15, -0.1) is 11.3 Å². The second-order valence-electron chi connectivity index (χ2n) is 6.97. The first-order valence-electron chi connectivity index (χ1n) is 7.92. The predicted molar refractivity (Wildman–Crippen MR) is 89.2 cm³/mol. The zero-order valence-electron chi connectivity index (χ0n) is 14.1. The summed E-state index contributed by atoms with van der Waals surface area (Å²) in [6.07, 6.45) is 2.83. The maximum Gasteiger partial charge on any atom is 0.407 e. The molecule has 3 atom stereocenters. The molecule has 2 rings (SSSR count). The molecule has 0 radical (unpaired) electrons. The molecule has 0 spiro atoms. The molecular weight excluding hydrogens is 298 g/mol. The molecule has 0 aromatic carbocycles. The first-order chi connectivity index (χ1) is 10.2. The molecule has 124 valence electrons. The Morgan fingerprint density at radius 2 is 2.09 bits per heavy atom. The number of thiazole rings is 1. The normalized spacial score (nSPS) is 23.3. The lowest BCUT2D eigenvalue weighted by molar-refractivity contribution is 0.0497. The van der Waals surface area contributed by atoms with E-state index in [9.17, 15) is 4.79 Å². The molecule has 0 bridgehead atoms. The van der Waals surface area contributed by atoms with E-state index in [-0.39, 0.29) is 24.2 Å². The van der Waals surface area contributed by atoms with Gasteiger partial charge in [0.05, 0.1) is 10.7 Å². The number of carbonyl (C=O) groups is 1. The van der Waals surface area contributed by atoms with Crippen molar-refractivity contribution in [2.75, 3.05) is 0 Å². The molecule has 22 heavy (non-hydrogen) atoms. The number of hydrogen-bond acceptors (Lipinski definition) is 5. The molecule has 6 heteroatoms. The fourth-order valence-corrected chi connectivity index (χ4v) is 3.48.